The van der Waals surface area contributed by atoms with E-state index in [9.17, 15) is 8.42 Å². The number of anilines is 1. The van der Waals surface area contributed by atoms with Crippen LogP contribution in [-0.4, -0.2) is 18.4 Å². The molecule has 1 aromatic carbocycles. The van der Waals surface area contributed by atoms with Gasteiger partial charge in [0.1, 0.15) is 5.82 Å². The largest absolute Gasteiger partial charge is 0.332 e. The minimum atomic E-state index is -3.62. The zero-order chi connectivity index (χ0) is 14.0. The summed E-state index contributed by atoms with van der Waals surface area (Å²) in [6.07, 6.45) is 1.98. The molecular formula is C12H14BrN3O2S. The van der Waals surface area contributed by atoms with Gasteiger partial charge in [0.15, 0.2) is 5.03 Å². The van der Waals surface area contributed by atoms with Crippen LogP contribution in [0.1, 0.15) is 18.3 Å². The lowest BCUT2D eigenvalue weighted by molar-refractivity contribution is 0.598. The van der Waals surface area contributed by atoms with Gasteiger partial charge in [-0.25, -0.2) is 4.98 Å². The van der Waals surface area contributed by atoms with Crippen molar-refractivity contribution in [3.8, 4) is 0 Å². The molecule has 0 unspecified atom stereocenters. The Morgan fingerprint density at radius 1 is 1.37 bits per heavy atom. The quantitative estimate of drug-likeness (QED) is 0.896. The lowest BCUT2D eigenvalue weighted by Gasteiger charge is -2.07. The van der Waals surface area contributed by atoms with E-state index in [0.29, 0.717) is 17.9 Å². The molecule has 0 aliphatic heterocycles. The molecule has 102 valence electrons. The molecule has 2 rings (SSSR count). The highest BCUT2D eigenvalue weighted by Crippen LogP contribution is 2.21. The van der Waals surface area contributed by atoms with Crippen molar-refractivity contribution in [2.45, 2.75) is 25.3 Å². The predicted molar refractivity (Wildman–Crippen MR) is 77.7 cm³/mol. The first-order valence-corrected chi connectivity index (χ1v) is 8.02. The van der Waals surface area contributed by atoms with E-state index < -0.39 is 10.0 Å². The Balaban J connectivity index is 2.30. The summed E-state index contributed by atoms with van der Waals surface area (Å²) in [5, 5.41) is 0.0713. The van der Waals surface area contributed by atoms with Crippen LogP contribution in [-0.2, 0) is 16.4 Å². The molecule has 0 spiro atoms. The summed E-state index contributed by atoms with van der Waals surface area (Å²) in [7, 11) is -3.62. The van der Waals surface area contributed by atoms with Crippen LogP contribution >= 0.6 is 15.9 Å². The third-order valence-electron chi connectivity index (χ3n) is 2.52. The minimum absolute atomic E-state index is 0.0713. The Bertz CT molecular complexity index is 675. The fraction of sp³-hybridized carbons (Fsp3) is 0.250. The number of aryl methyl sites for hydroxylation is 2. The van der Waals surface area contributed by atoms with Gasteiger partial charge in [-0.15, -0.1) is 0 Å². The van der Waals surface area contributed by atoms with Gasteiger partial charge in [-0.05, 0) is 30.7 Å². The van der Waals surface area contributed by atoms with Crippen molar-refractivity contribution in [2.24, 2.45) is 0 Å². The predicted octanol–water partition coefficient (Wildman–Crippen LogP) is 2.84. The van der Waals surface area contributed by atoms with E-state index in [-0.39, 0.29) is 5.03 Å². The second kappa shape index (κ2) is 5.34. The van der Waals surface area contributed by atoms with Crippen LogP contribution in [0.15, 0.2) is 33.9 Å². The summed E-state index contributed by atoms with van der Waals surface area (Å²) < 4.78 is 27.7. The average Bonchev–Trinajstić information content (AvgIpc) is 2.75. The zero-order valence-electron chi connectivity index (χ0n) is 10.6. The highest BCUT2D eigenvalue weighted by Gasteiger charge is 2.17. The smallest absolute Gasteiger partial charge is 0.278 e. The molecule has 0 atom stereocenters. The Hall–Kier alpha value is -1.34. The maximum absolute atomic E-state index is 12.2. The number of benzene rings is 1. The van der Waals surface area contributed by atoms with Crippen LogP contribution < -0.4 is 4.72 Å². The van der Waals surface area contributed by atoms with Crippen molar-refractivity contribution in [1.29, 1.82) is 0 Å². The van der Waals surface area contributed by atoms with Crippen LogP contribution in [0.25, 0.3) is 0 Å². The van der Waals surface area contributed by atoms with Crippen LogP contribution in [0, 0.1) is 6.92 Å². The number of H-pyrrole nitrogens is 1. The maximum atomic E-state index is 12.2. The van der Waals surface area contributed by atoms with Crippen molar-refractivity contribution in [3.05, 3.63) is 40.3 Å². The van der Waals surface area contributed by atoms with Gasteiger partial charge in [-0.1, -0.05) is 22.9 Å². The molecule has 1 heterocycles. The third-order valence-corrected chi connectivity index (χ3v) is 4.27. The highest BCUT2D eigenvalue weighted by atomic mass is 79.9. The molecule has 0 fully saturated rings. The number of imidazole rings is 1. The van der Waals surface area contributed by atoms with Crippen molar-refractivity contribution in [2.75, 3.05) is 4.72 Å². The molecule has 0 aliphatic carbocycles. The molecule has 1 aromatic heterocycles. The van der Waals surface area contributed by atoms with E-state index in [0.717, 1.165) is 10.0 Å². The van der Waals surface area contributed by atoms with E-state index in [1.807, 2.05) is 19.9 Å². The van der Waals surface area contributed by atoms with E-state index >= 15 is 0 Å². The van der Waals surface area contributed by atoms with Crippen molar-refractivity contribution in [1.82, 2.24) is 9.97 Å². The van der Waals surface area contributed by atoms with Gasteiger partial charge < -0.3 is 4.98 Å². The number of hydrogen-bond acceptors (Lipinski definition) is 3. The summed E-state index contributed by atoms with van der Waals surface area (Å²) in [4.78, 5) is 6.77. The van der Waals surface area contributed by atoms with Crippen LogP contribution in [0.2, 0.25) is 0 Å². The van der Waals surface area contributed by atoms with E-state index in [4.69, 9.17) is 0 Å². The van der Waals surface area contributed by atoms with Gasteiger partial charge in [-0.2, -0.15) is 8.42 Å². The molecule has 0 bridgehead atoms. The Morgan fingerprint density at radius 3 is 2.68 bits per heavy atom. The second-order valence-electron chi connectivity index (χ2n) is 4.17. The lowest BCUT2D eigenvalue weighted by Crippen LogP contribution is -2.13. The maximum Gasteiger partial charge on any atom is 0.278 e. The number of nitrogens with one attached hydrogen (secondary N) is 2. The number of sulfonamides is 1. The van der Waals surface area contributed by atoms with Crippen molar-refractivity contribution in [3.63, 3.8) is 0 Å². The van der Waals surface area contributed by atoms with Crippen molar-refractivity contribution < 1.29 is 8.42 Å². The van der Waals surface area contributed by atoms with Gasteiger partial charge in [-0.3, -0.25) is 4.72 Å². The van der Waals surface area contributed by atoms with E-state index in [2.05, 4.69) is 30.6 Å². The van der Waals surface area contributed by atoms with Gasteiger partial charge in [0, 0.05) is 10.9 Å². The Labute approximate surface area is 120 Å². The van der Waals surface area contributed by atoms with Crippen LogP contribution in [0.3, 0.4) is 0 Å². The summed E-state index contributed by atoms with van der Waals surface area (Å²) in [5.41, 5.74) is 1.48. The normalized spacial score (nSPS) is 11.5. The molecule has 19 heavy (non-hydrogen) atoms. The van der Waals surface area contributed by atoms with Crippen LogP contribution in [0.5, 0.6) is 0 Å². The number of hydrogen-bond donors (Lipinski definition) is 2. The molecule has 2 aromatic rings. The molecule has 5 nitrogen and oxygen atoms in total. The van der Waals surface area contributed by atoms with Gasteiger partial charge in [0.2, 0.25) is 0 Å². The molecule has 0 saturated carbocycles. The Kier molecular flexibility index (Phi) is 3.96. The summed E-state index contributed by atoms with van der Waals surface area (Å²) in [6, 6.07) is 5.38. The third kappa shape index (κ3) is 3.36. The first-order chi connectivity index (χ1) is 8.90. The van der Waals surface area contributed by atoms with Crippen molar-refractivity contribution >= 4 is 31.6 Å². The lowest BCUT2D eigenvalue weighted by atomic mass is 10.2. The van der Waals surface area contributed by atoms with Gasteiger partial charge in [0.25, 0.3) is 10.0 Å². The summed E-state index contributed by atoms with van der Waals surface area (Å²) in [6.45, 7) is 3.80. The molecule has 0 radical (unpaired) electrons. The molecule has 2 N–H and O–H groups in total. The van der Waals surface area contributed by atoms with E-state index in [1.54, 1.807) is 12.1 Å². The summed E-state index contributed by atoms with van der Waals surface area (Å²) >= 11 is 3.34. The van der Waals surface area contributed by atoms with E-state index in [1.165, 1.54) is 6.20 Å². The number of nitrogens with zero attached hydrogens (tertiary/aromatic N) is 1. The highest BCUT2D eigenvalue weighted by molar-refractivity contribution is 9.10. The first-order valence-electron chi connectivity index (χ1n) is 5.74. The first kappa shape index (κ1) is 14.1. The molecule has 0 aliphatic rings. The standard InChI is InChI=1S/C12H14BrN3O2S/c1-3-11-14-7-12(15-11)19(17,18)16-10-5-8(2)4-9(13)6-10/h4-7,16H,3H2,1-2H3,(H,14,15). The minimum Gasteiger partial charge on any atom is -0.332 e. The molecular weight excluding hydrogens is 330 g/mol. The number of aromatic nitrogens is 2. The Morgan fingerprint density at radius 2 is 2.11 bits per heavy atom. The fourth-order valence-electron chi connectivity index (χ4n) is 1.66. The topological polar surface area (TPSA) is 74.8 Å². The number of halogens is 1. The molecule has 0 amide bonds. The van der Waals surface area contributed by atoms with Gasteiger partial charge >= 0.3 is 0 Å². The SMILES string of the molecule is CCc1ncc(S(=O)(=O)Nc2cc(C)cc(Br)c2)[nH]1. The zero-order valence-corrected chi connectivity index (χ0v) is 13.0. The molecule has 7 heteroatoms. The average molecular weight is 344 g/mol. The summed E-state index contributed by atoms with van der Waals surface area (Å²) in [5.74, 6) is 0.644. The number of rotatable bonds is 4. The molecule has 0 saturated heterocycles. The second-order valence-corrected chi connectivity index (χ2v) is 6.74. The van der Waals surface area contributed by atoms with Crippen LogP contribution in [0.4, 0.5) is 5.69 Å². The number of aromatic amines is 1. The monoisotopic (exact) mass is 343 g/mol. The fourth-order valence-corrected chi connectivity index (χ4v) is 3.25. The van der Waals surface area contributed by atoms with Gasteiger partial charge in [0.05, 0.1) is 11.9 Å².